The number of carbonyl (C=O) groups is 3. The van der Waals surface area contributed by atoms with Crippen molar-refractivity contribution in [2.24, 2.45) is 5.92 Å². The zero-order valence-electron chi connectivity index (χ0n) is 13.1. The summed E-state index contributed by atoms with van der Waals surface area (Å²) in [5.74, 6) is 0.216. The van der Waals surface area contributed by atoms with Crippen molar-refractivity contribution in [1.82, 2.24) is 9.96 Å². The molecule has 0 radical (unpaired) electrons. The maximum Gasteiger partial charge on any atom is 0.254 e. The first-order valence-corrected chi connectivity index (χ1v) is 7.92. The number of ether oxygens (including phenoxy) is 1. The Balaban J connectivity index is 1.51. The lowest BCUT2D eigenvalue weighted by atomic mass is 9.99. The lowest BCUT2D eigenvalue weighted by Gasteiger charge is -2.30. The van der Waals surface area contributed by atoms with Gasteiger partial charge in [-0.15, -0.1) is 0 Å². The van der Waals surface area contributed by atoms with Crippen molar-refractivity contribution in [1.29, 1.82) is 0 Å². The van der Waals surface area contributed by atoms with Gasteiger partial charge in [0.25, 0.3) is 11.8 Å². The summed E-state index contributed by atoms with van der Waals surface area (Å²) in [7, 11) is 0. The zero-order valence-corrected chi connectivity index (χ0v) is 13.1. The normalized spacial score (nSPS) is 20.0. The second kappa shape index (κ2) is 8.24. The van der Waals surface area contributed by atoms with Crippen LogP contribution in [0.5, 0.6) is 0 Å². The van der Waals surface area contributed by atoms with Gasteiger partial charge in [-0.1, -0.05) is 6.92 Å². The SMILES string of the molecule is CC1CCN(C(=O)CCCOCON2C(=O)CCC2=O)CC1. The quantitative estimate of drug-likeness (QED) is 0.399. The average molecular weight is 312 g/mol. The van der Waals surface area contributed by atoms with Crippen molar-refractivity contribution in [3.8, 4) is 0 Å². The molecule has 2 rings (SSSR count). The Labute approximate surface area is 130 Å². The number of carbonyl (C=O) groups excluding carboxylic acids is 3. The predicted molar refractivity (Wildman–Crippen MR) is 77.2 cm³/mol. The van der Waals surface area contributed by atoms with Crippen LogP contribution in [0.4, 0.5) is 0 Å². The molecule has 7 nitrogen and oxygen atoms in total. The van der Waals surface area contributed by atoms with Crippen molar-refractivity contribution in [2.45, 2.75) is 45.4 Å². The topological polar surface area (TPSA) is 76.2 Å². The molecule has 0 aromatic carbocycles. The number of likely N-dealkylation sites (tertiary alicyclic amines) is 1. The summed E-state index contributed by atoms with van der Waals surface area (Å²) in [5.41, 5.74) is 0. The van der Waals surface area contributed by atoms with Gasteiger partial charge in [-0.3, -0.25) is 14.4 Å². The third kappa shape index (κ3) is 4.78. The number of hydrogen-bond donors (Lipinski definition) is 0. The standard InChI is InChI=1S/C15H24N2O5/c1-12-6-8-16(9-7-12)13(18)3-2-10-21-11-22-17-14(19)4-5-15(17)20/h12H,2-11H2,1H3. The summed E-state index contributed by atoms with van der Waals surface area (Å²) in [6.45, 7) is 4.14. The summed E-state index contributed by atoms with van der Waals surface area (Å²) in [4.78, 5) is 41.4. The average Bonchev–Trinajstić information content (AvgIpc) is 2.82. The van der Waals surface area contributed by atoms with Gasteiger partial charge < -0.3 is 9.64 Å². The first-order chi connectivity index (χ1) is 10.6. The fraction of sp³-hybridized carbons (Fsp3) is 0.800. The molecule has 0 aromatic heterocycles. The van der Waals surface area contributed by atoms with E-state index in [9.17, 15) is 14.4 Å². The van der Waals surface area contributed by atoms with Crippen LogP contribution >= 0.6 is 0 Å². The number of imide groups is 1. The third-order valence-corrected chi connectivity index (χ3v) is 4.09. The molecule has 7 heteroatoms. The monoisotopic (exact) mass is 312 g/mol. The highest BCUT2D eigenvalue weighted by Crippen LogP contribution is 2.17. The van der Waals surface area contributed by atoms with Crippen LogP contribution in [0, 0.1) is 5.92 Å². The van der Waals surface area contributed by atoms with E-state index in [0.717, 1.165) is 31.0 Å². The second-order valence-corrected chi connectivity index (χ2v) is 5.90. The van der Waals surface area contributed by atoms with Crippen molar-refractivity contribution >= 4 is 17.7 Å². The molecule has 2 saturated heterocycles. The van der Waals surface area contributed by atoms with Crippen LogP contribution in [-0.4, -0.2) is 54.2 Å². The predicted octanol–water partition coefficient (Wildman–Crippen LogP) is 1.08. The van der Waals surface area contributed by atoms with Gasteiger partial charge in [0, 0.05) is 32.4 Å². The number of nitrogens with zero attached hydrogens (tertiary/aromatic N) is 2. The van der Waals surface area contributed by atoms with Crippen molar-refractivity contribution in [3.63, 3.8) is 0 Å². The van der Waals surface area contributed by atoms with E-state index in [1.807, 2.05) is 4.90 Å². The molecule has 3 amide bonds. The molecule has 0 bridgehead atoms. The van der Waals surface area contributed by atoms with Crippen LogP contribution in [0.25, 0.3) is 0 Å². The Morgan fingerprint density at radius 1 is 1.18 bits per heavy atom. The van der Waals surface area contributed by atoms with Crippen LogP contribution in [0.1, 0.15) is 45.4 Å². The van der Waals surface area contributed by atoms with Gasteiger partial charge in [0.05, 0.1) is 6.61 Å². The molecule has 124 valence electrons. The molecule has 0 unspecified atom stereocenters. The molecular weight excluding hydrogens is 288 g/mol. The number of amides is 3. The van der Waals surface area contributed by atoms with E-state index >= 15 is 0 Å². The Bertz CT molecular complexity index is 402. The van der Waals surface area contributed by atoms with E-state index < -0.39 is 0 Å². The van der Waals surface area contributed by atoms with E-state index in [1.54, 1.807) is 0 Å². The number of hydrogen-bond acceptors (Lipinski definition) is 5. The summed E-state index contributed by atoms with van der Waals surface area (Å²) < 4.78 is 5.21. The molecule has 0 aliphatic carbocycles. The van der Waals surface area contributed by atoms with Gasteiger partial charge in [-0.05, 0) is 25.2 Å². The van der Waals surface area contributed by atoms with Crippen LogP contribution in [0.3, 0.4) is 0 Å². The van der Waals surface area contributed by atoms with E-state index in [-0.39, 0.29) is 37.4 Å². The van der Waals surface area contributed by atoms with Gasteiger partial charge in [0.2, 0.25) is 5.91 Å². The number of hydroxylamine groups is 2. The zero-order chi connectivity index (χ0) is 15.9. The van der Waals surface area contributed by atoms with E-state index in [2.05, 4.69) is 6.92 Å². The number of rotatable bonds is 7. The molecule has 0 N–H and O–H groups in total. The lowest BCUT2D eigenvalue weighted by Crippen LogP contribution is -2.37. The molecule has 22 heavy (non-hydrogen) atoms. The Morgan fingerprint density at radius 2 is 1.82 bits per heavy atom. The fourth-order valence-corrected chi connectivity index (χ4v) is 2.59. The summed E-state index contributed by atoms with van der Waals surface area (Å²) in [6, 6.07) is 0. The molecule has 2 fully saturated rings. The van der Waals surface area contributed by atoms with E-state index in [0.29, 0.717) is 25.4 Å². The Morgan fingerprint density at radius 3 is 2.45 bits per heavy atom. The molecule has 0 spiro atoms. The highest BCUT2D eigenvalue weighted by Gasteiger charge is 2.30. The Kier molecular flexibility index (Phi) is 6.33. The van der Waals surface area contributed by atoms with Gasteiger partial charge in [-0.25, -0.2) is 4.84 Å². The van der Waals surface area contributed by atoms with Crippen LogP contribution in [0.2, 0.25) is 0 Å². The highest BCUT2D eigenvalue weighted by molar-refractivity contribution is 6.00. The summed E-state index contributed by atoms with van der Waals surface area (Å²) in [5, 5.41) is 0.764. The largest absolute Gasteiger partial charge is 0.353 e. The first-order valence-electron chi connectivity index (χ1n) is 7.92. The van der Waals surface area contributed by atoms with Crippen LogP contribution < -0.4 is 0 Å². The maximum absolute atomic E-state index is 12.0. The van der Waals surface area contributed by atoms with Crippen molar-refractivity contribution in [2.75, 3.05) is 26.5 Å². The van der Waals surface area contributed by atoms with Gasteiger partial charge >= 0.3 is 0 Å². The molecule has 2 aliphatic rings. The van der Waals surface area contributed by atoms with E-state index in [1.165, 1.54) is 0 Å². The third-order valence-electron chi connectivity index (χ3n) is 4.09. The van der Waals surface area contributed by atoms with Gasteiger partial charge in [0.1, 0.15) is 0 Å². The van der Waals surface area contributed by atoms with Crippen molar-refractivity contribution in [3.05, 3.63) is 0 Å². The highest BCUT2D eigenvalue weighted by atomic mass is 16.8. The minimum absolute atomic E-state index is 0.146. The summed E-state index contributed by atoms with van der Waals surface area (Å²) >= 11 is 0. The maximum atomic E-state index is 12.0. The molecule has 2 aliphatic heterocycles. The number of piperidine rings is 1. The second-order valence-electron chi connectivity index (χ2n) is 5.90. The molecule has 0 aromatic rings. The van der Waals surface area contributed by atoms with Crippen LogP contribution in [0.15, 0.2) is 0 Å². The minimum atomic E-state index is -0.330. The van der Waals surface area contributed by atoms with E-state index in [4.69, 9.17) is 9.57 Å². The fourth-order valence-electron chi connectivity index (χ4n) is 2.59. The van der Waals surface area contributed by atoms with Gasteiger partial charge in [-0.2, -0.15) is 5.06 Å². The smallest absolute Gasteiger partial charge is 0.254 e. The minimum Gasteiger partial charge on any atom is -0.353 e. The molecular formula is C15H24N2O5. The van der Waals surface area contributed by atoms with Gasteiger partial charge in [0.15, 0.2) is 6.79 Å². The molecule has 2 heterocycles. The van der Waals surface area contributed by atoms with Crippen molar-refractivity contribution < 1.29 is 24.0 Å². The molecule has 0 atom stereocenters. The lowest BCUT2D eigenvalue weighted by molar-refractivity contribution is -0.217. The summed E-state index contributed by atoms with van der Waals surface area (Å²) in [6.07, 6.45) is 3.61. The van der Waals surface area contributed by atoms with Crippen LogP contribution in [-0.2, 0) is 24.0 Å². The first kappa shape index (κ1) is 16.9. The molecule has 0 saturated carbocycles. The Hall–Kier alpha value is -1.47.